The zero-order chi connectivity index (χ0) is 20.9. The molecule has 0 fully saturated rings. The molecule has 7 heteroatoms. The predicted molar refractivity (Wildman–Crippen MR) is 120 cm³/mol. The van der Waals surface area contributed by atoms with Gasteiger partial charge in [-0.05, 0) is 55.5 Å². The summed E-state index contributed by atoms with van der Waals surface area (Å²) in [5, 5.41) is 12.6. The first-order chi connectivity index (χ1) is 14.7. The maximum absolute atomic E-state index is 9.21. The van der Waals surface area contributed by atoms with E-state index in [1.165, 1.54) is 0 Å². The van der Waals surface area contributed by atoms with Crippen LogP contribution in [0.3, 0.4) is 0 Å². The number of ether oxygens (including phenoxy) is 1. The van der Waals surface area contributed by atoms with Crippen molar-refractivity contribution in [1.29, 1.82) is 0 Å². The fourth-order valence-electron chi connectivity index (χ4n) is 3.47. The normalized spacial score (nSPS) is 10.9. The first-order valence-electron chi connectivity index (χ1n) is 9.93. The molecule has 0 aliphatic carbocycles. The maximum Gasteiger partial charge on any atom is 0.180 e. The number of rotatable bonds is 8. The summed E-state index contributed by atoms with van der Waals surface area (Å²) in [6.45, 7) is 3.67. The minimum atomic E-state index is 0.135. The van der Waals surface area contributed by atoms with E-state index in [4.69, 9.17) is 4.74 Å². The number of nitrogens with zero attached hydrogens (tertiary/aromatic N) is 4. The van der Waals surface area contributed by atoms with E-state index in [1.807, 2.05) is 65.3 Å². The van der Waals surface area contributed by atoms with Crippen LogP contribution in [0.4, 0.5) is 17.2 Å². The third kappa shape index (κ3) is 3.92. The standard InChI is InChI=1S/C23H25N5O2/c1-3-27(14-15-29)19-8-6-18(7-9-19)26-22-23-24-12-13-28(23)21(16-25-22)17-4-10-20(30-2)11-5-17/h4-13,16,29H,3,14-15H2,1-2H3,(H,25,26). The van der Waals surface area contributed by atoms with E-state index < -0.39 is 0 Å². The van der Waals surface area contributed by atoms with Gasteiger partial charge in [0.25, 0.3) is 0 Å². The summed E-state index contributed by atoms with van der Waals surface area (Å²) < 4.78 is 7.27. The molecule has 4 aromatic rings. The van der Waals surface area contributed by atoms with Gasteiger partial charge in [-0.1, -0.05) is 0 Å². The van der Waals surface area contributed by atoms with Crippen molar-refractivity contribution in [3.8, 4) is 17.0 Å². The number of nitrogens with one attached hydrogen (secondary N) is 1. The Morgan fingerprint density at radius 3 is 2.50 bits per heavy atom. The molecule has 30 heavy (non-hydrogen) atoms. The molecule has 2 aromatic heterocycles. The zero-order valence-corrected chi connectivity index (χ0v) is 17.1. The Hall–Kier alpha value is -3.58. The maximum atomic E-state index is 9.21. The minimum absolute atomic E-state index is 0.135. The number of aromatic nitrogens is 3. The lowest BCUT2D eigenvalue weighted by molar-refractivity contribution is 0.302. The molecule has 4 rings (SSSR count). The molecule has 0 saturated heterocycles. The molecule has 0 amide bonds. The summed E-state index contributed by atoms with van der Waals surface area (Å²) in [5.41, 5.74) is 4.74. The van der Waals surface area contributed by atoms with Crippen molar-refractivity contribution in [1.82, 2.24) is 14.4 Å². The highest BCUT2D eigenvalue weighted by atomic mass is 16.5. The second kappa shape index (κ2) is 8.84. The van der Waals surface area contributed by atoms with Gasteiger partial charge in [0.2, 0.25) is 0 Å². The van der Waals surface area contributed by atoms with Crippen LogP contribution in [-0.4, -0.2) is 46.3 Å². The van der Waals surface area contributed by atoms with Crippen molar-refractivity contribution in [2.75, 3.05) is 37.0 Å². The Bertz CT molecular complexity index is 1110. The lowest BCUT2D eigenvalue weighted by Crippen LogP contribution is -2.25. The molecule has 154 valence electrons. The van der Waals surface area contributed by atoms with E-state index in [0.717, 1.165) is 40.6 Å². The zero-order valence-electron chi connectivity index (χ0n) is 17.1. The third-order valence-electron chi connectivity index (χ3n) is 5.06. The quantitative estimate of drug-likeness (QED) is 0.464. The van der Waals surface area contributed by atoms with E-state index in [1.54, 1.807) is 13.3 Å². The van der Waals surface area contributed by atoms with Gasteiger partial charge >= 0.3 is 0 Å². The fraction of sp³-hybridized carbons (Fsp3) is 0.217. The van der Waals surface area contributed by atoms with Crippen molar-refractivity contribution in [3.05, 3.63) is 67.1 Å². The van der Waals surface area contributed by atoms with Crippen LogP contribution in [0.15, 0.2) is 67.1 Å². The predicted octanol–water partition coefficient (Wildman–Crippen LogP) is 3.97. The average molecular weight is 403 g/mol. The van der Waals surface area contributed by atoms with E-state index in [2.05, 4.69) is 27.1 Å². The number of anilines is 3. The Balaban J connectivity index is 1.60. The van der Waals surface area contributed by atoms with Crippen LogP contribution in [0.2, 0.25) is 0 Å². The van der Waals surface area contributed by atoms with Gasteiger partial charge in [-0.25, -0.2) is 9.97 Å². The molecule has 0 unspecified atom stereocenters. The molecule has 7 nitrogen and oxygen atoms in total. The lowest BCUT2D eigenvalue weighted by Gasteiger charge is -2.22. The molecular formula is C23H25N5O2. The van der Waals surface area contributed by atoms with Crippen LogP contribution in [0.5, 0.6) is 5.75 Å². The Kier molecular flexibility index (Phi) is 5.81. The first kappa shape index (κ1) is 19.7. The number of methoxy groups -OCH3 is 1. The molecule has 2 N–H and O–H groups in total. The smallest absolute Gasteiger partial charge is 0.180 e. The highest BCUT2D eigenvalue weighted by Crippen LogP contribution is 2.27. The minimum Gasteiger partial charge on any atom is -0.497 e. The molecule has 0 spiro atoms. The monoisotopic (exact) mass is 403 g/mol. The van der Waals surface area contributed by atoms with Crippen LogP contribution in [-0.2, 0) is 0 Å². The Morgan fingerprint density at radius 1 is 1.07 bits per heavy atom. The van der Waals surface area contributed by atoms with E-state index in [0.29, 0.717) is 12.4 Å². The Morgan fingerprint density at radius 2 is 1.83 bits per heavy atom. The van der Waals surface area contributed by atoms with Crippen LogP contribution in [0.1, 0.15) is 6.92 Å². The number of hydrogen-bond acceptors (Lipinski definition) is 6. The van der Waals surface area contributed by atoms with Gasteiger partial charge in [0.1, 0.15) is 5.75 Å². The van der Waals surface area contributed by atoms with Crippen molar-refractivity contribution in [2.24, 2.45) is 0 Å². The molecule has 2 heterocycles. The van der Waals surface area contributed by atoms with Crippen LogP contribution < -0.4 is 15.0 Å². The van der Waals surface area contributed by atoms with Gasteiger partial charge in [-0.2, -0.15) is 0 Å². The summed E-state index contributed by atoms with van der Waals surface area (Å²) in [6.07, 6.45) is 5.54. The number of imidazole rings is 1. The third-order valence-corrected chi connectivity index (χ3v) is 5.06. The molecule has 0 radical (unpaired) electrons. The topological polar surface area (TPSA) is 74.9 Å². The largest absolute Gasteiger partial charge is 0.497 e. The Labute approximate surface area is 175 Å². The van der Waals surface area contributed by atoms with Crippen LogP contribution in [0.25, 0.3) is 16.9 Å². The molecule has 0 aliphatic heterocycles. The van der Waals surface area contributed by atoms with Gasteiger partial charge in [0.15, 0.2) is 11.5 Å². The van der Waals surface area contributed by atoms with Gasteiger partial charge < -0.3 is 20.1 Å². The molecular weight excluding hydrogens is 378 g/mol. The molecule has 0 saturated carbocycles. The molecule has 0 bridgehead atoms. The molecule has 2 aromatic carbocycles. The first-order valence-corrected chi connectivity index (χ1v) is 9.93. The second-order valence-corrected chi connectivity index (χ2v) is 6.82. The van der Waals surface area contributed by atoms with Gasteiger partial charge in [0.05, 0.1) is 25.6 Å². The van der Waals surface area contributed by atoms with Crippen molar-refractivity contribution in [3.63, 3.8) is 0 Å². The summed E-state index contributed by atoms with van der Waals surface area (Å²) in [7, 11) is 1.66. The van der Waals surface area contributed by atoms with Crippen LogP contribution >= 0.6 is 0 Å². The van der Waals surface area contributed by atoms with Crippen molar-refractivity contribution >= 4 is 22.8 Å². The number of fused-ring (bicyclic) bond motifs is 1. The summed E-state index contributed by atoms with van der Waals surface area (Å²) >= 11 is 0. The number of aliphatic hydroxyl groups is 1. The highest BCUT2D eigenvalue weighted by molar-refractivity contribution is 5.74. The highest BCUT2D eigenvalue weighted by Gasteiger charge is 2.11. The van der Waals surface area contributed by atoms with Crippen LogP contribution in [0, 0.1) is 0 Å². The number of likely N-dealkylation sites (N-methyl/N-ethyl adjacent to an activating group) is 1. The van der Waals surface area contributed by atoms with E-state index in [-0.39, 0.29) is 6.61 Å². The fourth-order valence-corrected chi connectivity index (χ4v) is 3.47. The number of benzene rings is 2. The summed E-state index contributed by atoms with van der Waals surface area (Å²) in [5.74, 6) is 1.50. The van der Waals surface area contributed by atoms with Gasteiger partial charge in [-0.3, -0.25) is 4.40 Å². The SMILES string of the molecule is CCN(CCO)c1ccc(Nc2ncc(-c3ccc(OC)cc3)n3ccnc23)cc1. The number of aliphatic hydroxyl groups excluding tert-OH is 1. The van der Waals surface area contributed by atoms with Gasteiger partial charge in [-0.15, -0.1) is 0 Å². The second-order valence-electron chi connectivity index (χ2n) is 6.82. The van der Waals surface area contributed by atoms with Gasteiger partial charge in [0, 0.05) is 42.4 Å². The van der Waals surface area contributed by atoms with Crippen molar-refractivity contribution < 1.29 is 9.84 Å². The molecule has 0 aliphatic rings. The average Bonchev–Trinajstić information content (AvgIpc) is 3.29. The summed E-state index contributed by atoms with van der Waals surface area (Å²) in [6, 6.07) is 16.0. The van der Waals surface area contributed by atoms with Crippen molar-refractivity contribution in [2.45, 2.75) is 6.92 Å². The van der Waals surface area contributed by atoms with E-state index >= 15 is 0 Å². The molecule has 0 atom stereocenters. The van der Waals surface area contributed by atoms with E-state index in [9.17, 15) is 5.11 Å². The lowest BCUT2D eigenvalue weighted by atomic mass is 10.1. The number of hydrogen-bond donors (Lipinski definition) is 2. The summed E-state index contributed by atoms with van der Waals surface area (Å²) in [4.78, 5) is 11.2.